The molecule has 28 heavy (non-hydrogen) atoms. The van der Waals surface area contributed by atoms with Gasteiger partial charge in [0.15, 0.2) is 11.5 Å². The van der Waals surface area contributed by atoms with Crippen LogP contribution < -0.4 is 0 Å². The maximum Gasteiger partial charge on any atom is 0.217 e. The van der Waals surface area contributed by atoms with E-state index >= 15 is 0 Å². The van der Waals surface area contributed by atoms with Gasteiger partial charge >= 0.3 is 0 Å². The first kappa shape index (κ1) is 17.2. The average molecular weight is 378 g/mol. The van der Waals surface area contributed by atoms with Crippen LogP contribution in [0.5, 0.6) is 0 Å². The van der Waals surface area contributed by atoms with Crippen LogP contribution in [0.1, 0.15) is 24.0 Å². The number of hydrogen-bond acceptors (Lipinski definition) is 4. The molecule has 1 aliphatic rings. The third-order valence-corrected chi connectivity index (χ3v) is 4.82. The van der Waals surface area contributed by atoms with E-state index in [0.717, 1.165) is 28.6 Å². The number of nitrogens with zero attached hydrogens (tertiary/aromatic N) is 2. The Labute approximate surface area is 161 Å². The van der Waals surface area contributed by atoms with Gasteiger partial charge in [0.25, 0.3) is 0 Å². The Morgan fingerprint density at radius 2 is 1.75 bits per heavy atom. The fourth-order valence-electron chi connectivity index (χ4n) is 3.45. The van der Waals surface area contributed by atoms with E-state index < -0.39 is 6.29 Å². The van der Waals surface area contributed by atoms with Crippen molar-refractivity contribution in [2.45, 2.75) is 19.3 Å². The molecule has 2 aromatic heterocycles. The molecule has 0 radical (unpaired) electrons. The second kappa shape index (κ2) is 7.22. The monoisotopic (exact) mass is 378 g/mol. The normalized spacial score (nSPS) is 15.3. The van der Waals surface area contributed by atoms with Crippen molar-refractivity contribution in [3.05, 3.63) is 77.8 Å². The van der Waals surface area contributed by atoms with Crippen LogP contribution in [0, 0.1) is 5.82 Å². The quantitative estimate of drug-likeness (QED) is 0.506. The van der Waals surface area contributed by atoms with E-state index in [9.17, 15) is 4.39 Å². The lowest BCUT2D eigenvalue weighted by Crippen LogP contribution is -2.17. The number of aromatic nitrogens is 2. The van der Waals surface area contributed by atoms with Gasteiger partial charge in [-0.2, -0.15) is 5.10 Å². The van der Waals surface area contributed by atoms with Crippen LogP contribution in [-0.4, -0.2) is 23.0 Å². The van der Waals surface area contributed by atoms with Crippen LogP contribution in [0.3, 0.4) is 0 Å². The van der Waals surface area contributed by atoms with Crippen molar-refractivity contribution in [2.24, 2.45) is 0 Å². The van der Waals surface area contributed by atoms with Gasteiger partial charge in [0.2, 0.25) is 6.29 Å². The minimum absolute atomic E-state index is 0.245. The molecule has 0 N–H and O–H groups in total. The lowest BCUT2D eigenvalue weighted by Gasteiger charge is -2.21. The summed E-state index contributed by atoms with van der Waals surface area (Å²) < 4.78 is 32.4. The van der Waals surface area contributed by atoms with Gasteiger partial charge in [0.05, 0.1) is 25.3 Å². The molecule has 1 aliphatic heterocycles. The maximum absolute atomic E-state index is 13.2. The number of furan rings is 1. The van der Waals surface area contributed by atoms with Crippen molar-refractivity contribution in [3.8, 4) is 11.5 Å². The highest BCUT2D eigenvalue weighted by Gasteiger charge is 2.22. The van der Waals surface area contributed by atoms with Crippen molar-refractivity contribution in [2.75, 3.05) is 13.2 Å². The summed E-state index contributed by atoms with van der Waals surface area (Å²) in [5.74, 6) is 1.07. The first-order valence-electron chi connectivity index (χ1n) is 9.31. The summed E-state index contributed by atoms with van der Waals surface area (Å²) in [6.45, 7) is 1.87. The summed E-state index contributed by atoms with van der Waals surface area (Å²) in [5.41, 5.74) is 2.73. The summed E-state index contributed by atoms with van der Waals surface area (Å²) in [4.78, 5) is 0. The highest BCUT2D eigenvalue weighted by atomic mass is 19.1. The first-order valence-corrected chi connectivity index (χ1v) is 9.31. The lowest BCUT2D eigenvalue weighted by atomic mass is 10.2. The number of hydrogen-bond donors (Lipinski definition) is 0. The summed E-state index contributed by atoms with van der Waals surface area (Å²) in [6.07, 6.45) is 0.428. The number of rotatable bonds is 4. The molecule has 0 unspecified atom stereocenters. The lowest BCUT2D eigenvalue weighted by molar-refractivity contribution is -0.191. The zero-order chi connectivity index (χ0) is 18.9. The molecule has 3 heterocycles. The smallest absolute Gasteiger partial charge is 0.217 e. The van der Waals surface area contributed by atoms with Crippen LogP contribution in [0.15, 0.2) is 65.1 Å². The van der Waals surface area contributed by atoms with Gasteiger partial charge in [-0.05, 0) is 42.3 Å². The van der Waals surface area contributed by atoms with E-state index in [1.807, 2.05) is 41.1 Å². The predicted octanol–water partition coefficient (Wildman–Crippen LogP) is 4.92. The Balaban J connectivity index is 1.51. The Bertz CT molecular complexity index is 1090. The number of fused-ring (bicyclic) bond motifs is 1. The fraction of sp³-hybridized carbons (Fsp3) is 0.227. The van der Waals surface area contributed by atoms with E-state index in [4.69, 9.17) is 19.0 Å². The van der Waals surface area contributed by atoms with Crippen LogP contribution in [-0.2, 0) is 16.0 Å². The van der Waals surface area contributed by atoms with Gasteiger partial charge in [-0.15, -0.1) is 0 Å². The molecule has 0 saturated carbocycles. The van der Waals surface area contributed by atoms with Gasteiger partial charge in [-0.1, -0.05) is 30.3 Å². The van der Waals surface area contributed by atoms with Gasteiger partial charge in [0.1, 0.15) is 11.5 Å². The van der Waals surface area contributed by atoms with Gasteiger partial charge < -0.3 is 13.9 Å². The first-order chi connectivity index (χ1) is 13.8. The van der Waals surface area contributed by atoms with E-state index in [1.165, 1.54) is 12.1 Å². The SMILES string of the molecule is Fc1ccc(Cn2nc(-c3ccc(C4OCCCO4)o3)c3ccccc32)cc1. The van der Waals surface area contributed by atoms with Crippen molar-refractivity contribution in [3.63, 3.8) is 0 Å². The zero-order valence-corrected chi connectivity index (χ0v) is 15.2. The molecular formula is C22H19FN2O3. The van der Waals surface area contributed by atoms with Crippen molar-refractivity contribution in [1.82, 2.24) is 9.78 Å². The summed E-state index contributed by atoms with van der Waals surface area (Å²) in [7, 11) is 0. The third-order valence-electron chi connectivity index (χ3n) is 4.82. The molecule has 0 amide bonds. The minimum Gasteiger partial charge on any atom is -0.454 e. The molecule has 5 nitrogen and oxygen atoms in total. The molecule has 0 aliphatic carbocycles. The molecule has 0 bridgehead atoms. The van der Waals surface area contributed by atoms with Crippen molar-refractivity contribution in [1.29, 1.82) is 0 Å². The highest BCUT2D eigenvalue weighted by molar-refractivity contribution is 5.92. The maximum atomic E-state index is 13.2. The van der Waals surface area contributed by atoms with Gasteiger partial charge in [0, 0.05) is 5.39 Å². The second-order valence-electron chi connectivity index (χ2n) is 6.78. The van der Waals surface area contributed by atoms with Crippen LogP contribution in [0.4, 0.5) is 4.39 Å². The molecule has 4 aromatic rings. The van der Waals surface area contributed by atoms with Gasteiger partial charge in [-0.3, -0.25) is 4.68 Å². The van der Waals surface area contributed by atoms with E-state index in [2.05, 4.69) is 0 Å². The number of halogens is 1. The summed E-state index contributed by atoms with van der Waals surface area (Å²) in [6, 6.07) is 18.2. The number of para-hydroxylation sites is 1. The van der Waals surface area contributed by atoms with E-state index in [-0.39, 0.29) is 5.82 Å². The van der Waals surface area contributed by atoms with Crippen LogP contribution in [0.2, 0.25) is 0 Å². The molecule has 2 aromatic carbocycles. The third kappa shape index (κ3) is 3.21. The molecule has 1 fully saturated rings. The molecule has 1 saturated heterocycles. The van der Waals surface area contributed by atoms with Crippen molar-refractivity contribution >= 4 is 10.9 Å². The zero-order valence-electron chi connectivity index (χ0n) is 15.2. The Morgan fingerprint density at radius 3 is 2.57 bits per heavy atom. The molecule has 0 atom stereocenters. The summed E-state index contributed by atoms with van der Waals surface area (Å²) in [5, 5.41) is 5.78. The number of ether oxygens (including phenoxy) is 2. The molecular weight excluding hydrogens is 359 g/mol. The largest absolute Gasteiger partial charge is 0.454 e. The Hall–Kier alpha value is -2.96. The highest BCUT2D eigenvalue weighted by Crippen LogP contribution is 2.33. The van der Waals surface area contributed by atoms with Crippen molar-refractivity contribution < 1.29 is 18.3 Å². The summed E-state index contributed by atoms with van der Waals surface area (Å²) >= 11 is 0. The minimum atomic E-state index is -0.463. The van der Waals surface area contributed by atoms with Crippen LogP contribution >= 0.6 is 0 Å². The molecule has 0 spiro atoms. The topological polar surface area (TPSA) is 49.4 Å². The predicted molar refractivity (Wildman–Crippen MR) is 102 cm³/mol. The number of benzene rings is 2. The molecule has 5 rings (SSSR count). The van der Waals surface area contributed by atoms with Crippen LogP contribution in [0.25, 0.3) is 22.4 Å². The van der Waals surface area contributed by atoms with E-state index in [0.29, 0.717) is 31.3 Å². The molecule has 142 valence electrons. The average Bonchev–Trinajstić information content (AvgIpc) is 3.36. The fourth-order valence-corrected chi connectivity index (χ4v) is 3.45. The second-order valence-corrected chi connectivity index (χ2v) is 6.78. The van der Waals surface area contributed by atoms with Gasteiger partial charge in [-0.25, -0.2) is 4.39 Å². The molecule has 6 heteroatoms. The Kier molecular flexibility index (Phi) is 4.43. The van der Waals surface area contributed by atoms with E-state index in [1.54, 1.807) is 12.1 Å². The Morgan fingerprint density at radius 1 is 0.964 bits per heavy atom. The standard InChI is InChI=1S/C22H19FN2O3/c23-16-8-6-15(7-9-16)14-25-18-5-2-1-4-17(18)21(24-25)19-10-11-20(28-19)22-26-12-3-13-27-22/h1-2,4-11,22H,3,12-14H2.